The van der Waals surface area contributed by atoms with E-state index in [0.717, 1.165) is 5.56 Å². The molecule has 6 heteroatoms. The van der Waals surface area contributed by atoms with Crippen molar-refractivity contribution in [2.75, 3.05) is 12.3 Å². The lowest BCUT2D eigenvalue weighted by molar-refractivity contribution is -0.143. The highest BCUT2D eigenvalue weighted by atomic mass is 16.5. The highest BCUT2D eigenvalue weighted by Crippen LogP contribution is 2.32. The summed E-state index contributed by atoms with van der Waals surface area (Å²) in [5.74, 6) is -0.367. The Kier molecular flexibility index (Phi) is 5.15. The van der Waals surface area contributed by atoms with Gasteiger partial charge in [-0.25, -0.2) is 0 Å². The molecule has 0 saturated heterocycles. The van der Waals surface area contributed by atoms with Gasteiger partial charge in [-0.05, 0) is 12.5 Å². The summed E-state index contributed by atoms with van der Waals surface area (Å²) in [4.78, 5) is 23.0. The van der Waals surface area contributed by atoms with Crippen molar-refractivity contribution in [3.63, 3.8) is 0 Å². The van der Waals surface area contributed by atoms with Gasteiger partial charge in [-0.15, -0.1) is 0 Å². The van der Waals surface area contributed by atoms with Crippen LogP contribution in [0.5, 0.6) is 0 Å². The summed E-state index contributed by atoms with van der Waals surface area (Å²) >= 11 is 0. The van der Waals surface area contributed by atoms with Crippen molar-refractivity contribution in [1.82, 2.24) is 4.57 Å². The van der Waals surface area contributed by atoms with Gasteiger partial charge in [-0.3, -0.25) is 9.59 Å². The number of aromatic nitrogens is 1. The maximum Gasteiger partial charge on any atom is 0.307 e. The lowest BCUT2D eigenvalue weighted by Crippen LogP contribution is -2.12. The van der Waals surface area contributed by atoms with E-state index < -0.39 is 0 Å². The van der Waals surface area contributed by atoms with Crippen molar-refractivity contribution >= 4 is 17.9 Å². The molecule has 0 atom stereocenters. The molecule has 0 aliphatic rings. The minimum atomic E-state index is -0.367. The van der Waals surface area contributed by atoms with E-state index in [1.165, 1.54) is 0 Å². The first-order valence-corrected chi connectivity index (χ1v) is 7.22. The Labute approximate surface area is 134 Å². The average Bonchev–Trinajstić information content (AvgIpc) is 2.85. The maximum absolute atomic E-state index is 11.6. The summed E-state index contributed by atoms with van der Waals surface area (Å²) in [6.07, 6.45) is 0.696. The van der Waals surface area contributed by atoms with Gasteiger partial charge in [0.25, 0.3) is 0 Å². The van der Waals surface area contributed by atoms with Crippen LogP contribution < -0.4 is 5.73 Å². The Balaban J connectivity index is 2.53. The minimum Gasteiger partial charge on any atom is -0.466 e. The van der Waals surface area contributed by atoms with Crippen LogP contribution in [0.25, 0.3) is 11.3 Å². The van der Waals surface area contributed by atoms with Crippen LogP contribution in [0.3, 0.4) is 0 Å². The van der Waals surface area contributed by atoms with Gasteiger partial charge < -0.3 is 15.0 Å². The van der Waals surface area contributed by atoms with Crippen LogP contribution in [0.4, 0.5) is 5.69 Å². The lowest BCUT2D eigenvalue weighted by atomic mass is 10.1. The zero-order valence-electron chi connectivity index (χ0n) is 12.8. The highest BCUT2D eigenvalue weighted by molar-refractivity contribution is 5.90. The van der Waals surface area contributed by atoms with Gasteiger partial charge in [0, 0.05) is 6.54 Å². The Bertz CT molecular complexity index is 758. The third-order valence-corrected chi connectivity index (χ3v) is 3.46. The first kappa shape index (κ1) is 16.3. The Morgan fingerprint density at radius 2 is 2.09 bits per heavy atom. The molecule has 118 valence electrons. The summed E-state index contributed by atoms with van der Waals surface area (Å²) in [7, 11) is 0. The number of aldehydes is 1. The predicted molar refractivity (Wildman–Crippen MR) is 85.6 cm³/mol. The summed E-state index contributed by atoms with van der Waals surface area (Å²) in [6, 6.07) is 11.2. The molecule has 0 radical (unpaired) electrons. The number of esters is 1. The van der Waals surface area contributed by atoms with Gasteiger partial charge in [-0.1, -0.05) is 30.3 Å². The summed E-state index contributed by atoms with van der Waals surface area (Å²) in [6.45, 7) is 2.23. The van der Waals surface area contributed by atoms with Gasteiger partial charge in [-0.2, -0.15) is 5.26 Å². The van der Waals surface area contributed by atoms with Gasteiger partial charge in [0.1, 0.15) is 17.3 Å². The van der Waals surface area contributed by atoms with Gasteiger partial charge in [0.05, 0.1) is 24.4 Å². The first-order chi connectivity index (χ1) is 11.1. The Hall–Kier alpha value is -3.07. The second-order valence-corrected chi connectivity index (χ2v) is 4.82. The number of carbonyl (C=O) groups is 2. The van der Waals surface area contributed by atoms with Crippen molar-refractivity contribution in [2.45, 2.75) is 19.9 Å². The summed E-state index contributed by atoms with van der Waals surface area (Å²) < 4.78 is 6.51. The van der Waals surface area contributed by atoms with Crippen LogP contribution >= 0.6 is 0 Å². The largest absolute Gasteiger partial charge is 0.466 e. The molecule has 1 aromatic carbocycles. The zero-order valence-corrected chi connectivity index (χ0v) is 12.8. The smallest absolute Gasteiger partial charge is 0.307 e. The van der Waals surface area contributed by atoms with E-state index >= 15 is 0 Å². The third-order valence-electron chi connectivity index (χ3n) is 3.46. The number of benzene rings is 1. The van der Waals surface area contributed by atoms with E-state index in [0.29, 0.717) is 18.6 Å². The predicted octanol–water partition coefficient (Wildman–Crippen LogP) is 2.37. The number of nitriles is 1. The van der Waals surface area contributed by atoms with Crippen LogP contribution in [-0.4, -0.2) is 23.4 Å². The normalized spacial score (nSPS) is 10.1. The molecule has 1 aromatic heterocycles. The number of rotatable bonds is 6. The molecule has 6 nitrogen and oxygen atoms in total. The molecule has 2 N–H and O–H groups in total. The summed E-state index contributed by atoms with van der Waals surface area (Å²) in [5, 5.41) is 9.40. The van der Waals surface area contributed by atoms with E-state index in [2.05, 4.69) is 0 Å². The molecule has 0 saturated carbocycles. The second kappa shape index (κ2) is 7.27. The fourth-order valence-electron chi connectivity index (χ4n) is 2.46. The van der Waals surface area contributed by atoms with Gasteiger partial charge >= 0.3 is 5.97 Å². The van der Waals surface area contributed by atoms with E-state index in [1.807, 2.05) is 36.4 Å². The number of anilines is 1. The van der Waals surface area contributed by atoms with Crippen molar-refractivity contribution in [1.29, 1.82) is 5.26 Å². The van der Waals surface area contributed by atoms with Crippen LogP contribution in [0, 0.1) is 11.3 Å². The molecule has 0 fully saturated rings. The molecule has 1 heterocycles. The quantitative estimate of drug-likeness (QED) is 0.652. The average molecular weight is 311 g/mol. The SMILES string of the molecule is CCOC(=O)CCn1c(C=O)c(N)c(C#N)c1-c1ccccc1. The van der Waals surface area contributed by atoms with Crippen LogP contribution in [0.2, 0.25) is 0 Å². The standard InChI is InChI=1S/C17H17N3O3/c1-2-23-15(22)8-9-20-14(11-21)16(19)13(10-18)17(20)12-6-4-3-5-7-12/h3-7,11H,2,8-9,19H2,1H3. The number of hydrogen-bond donors (Lipinski definition) is 1. The number of nitrogens with zero attached hydrogens (tertiary/aromatic N) is 2. The number of hydrogen-bond acceptors (Lipinski definition) is 5. The molecule has 0 spiro atoms. The first-order valence-electron chi connectivity index (χ1n) is 7.22. The molecule has 0 aliphatic carbocycles. The molecular formula is C17H17N3O3. The minimum absolute atomic E-state index is 0.0908. The number of carbonyl (C=O) groups excluding carboxylic acids is 2. The number of nitrogens with two attached hydrogens (primary N) is 1. The lowest BCUT2D eigenvalue weighted by Gasteiger charge is -2.11. The molecule has 0 amide bonds. The molecule has 23 heavy (non-hydrogen) atoms. The third kappa shape index (κ3) is 3.24. The van der Waals surface area contributed by atoms with Crippen LogP contribution in [0.15, 0.2) is 30.3 Å². The Morgan fingerprint density at radius 1 is 1.39 bits per heavy atom. The van der Waals surface area contributed by atoms with Crippen molar-refractivity contribution < 1.29 is 14.3 Å². The van der Waals surface area contributed by atoms with Crippen molar-refractivity contribution in [3.8, 4) is 17.3 Å². The van der Waals surface area contributed by atoms with E-state index in [-0.39, 0.29) is 35.9 Å². The van der Waals surface area contributed by atoms with Gasteiger partial charge in [0.15, 0.2) is 6.29 Å². The molecule has 0 bridgehead atoms. The van der Waals surface area contributed by atoms with E-state index in [9.17, 15) is 14.9 Å². The fourth-order valence-corrected chi connectivity index (χ4v) is 2.46. The second-order valence-electron chi connectivity index (χ2n) is 4.82. The molecular weight excluding hydrogens is 294 g/mol. The monoisotopic (exact) mass is 311 g/mol. The molecule has 0 aliphatic heterocycles. The molecule has 2 rings (SSSR count). The fraction of sp³-hybridized carbons (Fsp3) is 0.235. The van der Waals surface area contributed by atoms with Gasteiger partial charge in [0.2, 0.25) is 0 Å². The zero-order chi connectivity index (χ0) is 16.8. The number of nitrogen functional groups attached to an aromatic ring is 1. The van der Waals surface area contributed by atoms with Crippen molar-refractivity contribution in [2.24, 2.45) is 0 Å². The van der Waals surface area contributed by atoms with Crippen LogP contribution in [-0.2, 0) is 16.1 Å². The summed E-state index contributed by atoms with van der Waals surface area (Å²) in [5.41, 5.74) is 7.80. The van der Waals surface area contributed by atoms with Crippen LogP contribution in [0.1, 0.15) is 29.4 Å². The van der Waals surface area contributed by atoms with E-state index in [4.69, 9.17) is 10.5 Å². The topological polar surface area (TPSA) is 98.1 Å². The molecule has 2 aromatic rings. The van der Waals surface area contributed by atoms with Crippen molar-refractivity contribution in [3.05, 3.63) is 41.6 Å². The maximum atomic E-state index is 11.6. The number of ether oxygens (including phenoxy) is 1. The molecule has 0 unspecified atom stereocenters. The Morgan fingerprint density at radius 3 is 2.65 bits per heavy atom. The highest BCUT2D eigenvalue weighted by Gasteiger charge is 2.22. The van der Waals surface area contributed by atoms with E-state index in [1.54, 1.807) is 11.5 Å².